The molecule has 0 bridgehead atoms. The van der Waals surface area contributed by atoms with Crippen LogP contribution in [0, 0.1) is 0 Å². The number of carbonyl (C=O) groups is 1. The molecule has 25 heavy (non-hydrogen) atoms. The highest BCUT2D eigenvalue weighted by atomic mass is 32.1. The second kappa shape index (κ2) is 7.19. The number of amides is 1. The highest BCUT2D eigenvalue weighted by Gasteiger charge is 2.13. The van der Waals surface area contributed by atoms with Gasteiger partial charge in [0, 0.05) is 36.4 Å². The standard InChI is InChI=1S/C19H22N2O3S/c1-12(2)21-10-14-7-17(25-18(14)11-21)19(22)20-9-13-5-15(23-3)8-16(6-13)24-4/h5-8,10-12H,9H2,1-4H3,(H,20,22). The van der Waals surface area contributed by atoms with Gasteiger partial charge < -0.3 is 19.4 Å². The van der Waals surface area contributed by atoms with E-state index in [9.17, 15) is 4.79 Å². The minimum absolute atomic E-state index is 0.0703. The Balaban J connectivity index is 1.71. The molecule has 5 nitrogen and oxygen atoms in total. The lowest BCUT2D eigenvalue weighted by Crippen LogP contribution is -2.21. The molecular weight excluding hydrogens is 336 g/mol. The molecule has 0 unspecified atom stereocenters. The van der Waals surface area contributed by atoms with Crippen molar-refractivity contribution in [2.45, 2.75) is 26.4 Å². The maximum atomic E-state index is 12.4. The van der Waals surface area contributed by atoms with Gasteiger partial charge in [0.2, 0.25) is 0 Å². The fraction of sp³-hybridized carbons (Fsp3) is 0.316. The summed E-state index contributed by atoms with van der Waals surface area (Å²) in [5, 5.41) is 4.06. The highest BCUT2D eigenvalue weighted by Crippen LogP contribution is 2.28. The van der Waals surface area contributed by atoms with Crippen LogP contribution < -0.4 is 14.8 Å². The molecule has 132 valence electrons. The zero-order valence-electron chi connectivity index (χ0n) is 14.8. The van der Waals surface area contributed by atoms with Crippen LogP contribution in [0.4, 0.5) is 0 Å². The summed E-state index contributed by atoms with van der Waals surface area (Å²) in [7, 11) is 3.22. The molecule has 1 N–H and O–H groups in total. The molecule has 0 aliphatic rings. The number of methoxy groups -OCH3 is 2. The molecule has 0 radical (unpaired) electrons. The van der Waals surface area contributed by atoms with Gasteiger partial charge in [-0.25, -0.2) is 0 Å². The molecule has 0 spiro atoms. The molecule has 3 aromatic rings. The van der Waals surface area contributed by atoms with Gasteiger partial charge in [0.1, 0.15) is 11.5 Å². The number of nitrogens with one attached hydrogen (secondary N) is 1. The van der Waals surface area contributed by atoms with Gasteiger partial charge in [-0.15, -0.1) is 11.3 Å². The van der Waals surface area contributed by atoms with E-state index in [1.165, 1.54) is 11.3 Å². The number of carbonyl (C=O) groups excluding carboxylic acids is 1. The summed E-state index contributed by atoms with van der Waals surface area (Å²) in [4.78, 5) is 13.2. The quantitative estimate of drug-likeness (QED) is 0.717. The molecule has 0 aliphatic heterocycles. The van der Waals surface area contributed by atoms with Crippen LogP contribution >= 0.6 is 11.3 Å². The van der Waals surface area contributed by atoms with Gasteiger partial charge in [-0.3, -0.25) is 4.79 Å². The van der Waals surface area contributed by atoms with Crippen LogP contribution in [0.5, 0.6) is 11.5 Å². The molecule has 0 fully saturated rings. The van der Waals surface area contributed by atoms with Gasteiger partial charge in [-0.05, 0) is 37.6 Å². The van der Waals surface area contributed by atoms with Crippen molar-refractivity contribution in [1.82, 2.24) is 9.88 Å². The minimum atomic E-state index is -0.0703. The lowest BCUT2D eigenvalue weighted by Gasteiger charge is -2.09. The predicted molar refractivity (Wildman–Crippen MR) is 101 cm³/mol. The second-order valence-corrected chi connectivity index (χ2v) is 7.22. The van der Waals surface area contributed by atoms with Gasteiger partial charge in [-0.1, -0.05) is 0 Å². The maximum absolute atomic E-state index is 12.4. The molecule has 3 rings (SSSR count). The molecule has 2 aromatic heterocycles. The molecule has 0 aliphatic carbocycles. The predicted octanol–water partition coefficient (Wildman–Crippen LogP) is 4.23. The van der Waals surface area contributed by atoms with E-state index in [0.29, 0.717) is 24.1 Å². The Morgan fingerprint density at radius 3 is 2.36 bits per heavy atom. The second-order valence-electron chi connectivity index (χ2n) is 6.13. The van der Waals surface area contributed by atoms with E-state index >= 15 is 0 Å². The van der Waals surface area contributed by atoms with Crippen LogP contribution in [-0.2, 0) is 6.54 Å². The lowest BCUT2D eigenvalue weighted by atomic mass is 10.2. The molecule has 1 aromatic carbocycles. The van der Waals surface area contributed by atoms with Crippen molar-refractivity contribution in [3.05, 3.63) is 47.1 Å². The summed E-state index contributed by atoms with van der Waals surface area (Å²) in [6.07, 6.45) is 4.18. The topological polar surface area (TPSA) is 52.5 Å². The van der Waals surface area contributed by atoms with Gasteiger partial charge in [0.25, 0.3) is 5.91 Å². The monoisotopic (exact) mass is 358 g/mol. The van der Waals surface area contributed by atoms with Crippen molar-refractivity contribution >= 4 is 27.3 Å². The van der Waals surface area contributed by atoms with E-state index in [4.69, 9.17) is 9.47 Å². The number of rotatable bonds is 6. The van der Waals surface area contributed by atoms with Crippen LogP contribution in [0.15, 0.2) is 36.7 Å². The van der Waals surface area contributed by atoms with E-state index < -0.39 is 0 Å². The number of hydrogen-bond donors (Lipinski definition) is 1. The molecule has 1 amide bonds. The van der Waals surface area contributed by atoms with E-state index in [2.05, 4.69) is 36.1 Å². The Kier molecular flexibility index (Phi) is 4.99. The van der Waals surface area contributed by atoms with Crippen LogP contribution in [0.25, 0.3) is 10.1 Å². The van der Waals surface area contributed by atoms with Crippen LogP contribution in [0.1, 0.15) is 35.1 Å². The van der Waals surface area contributed by atoms with Gasteiger partial charge in [-0.2, -0.15) is 0 Å². The Hall–Kier alpha value is -2.47. The highest BCUT2D eigenvalue weighted by molar-refractivity contribution is 7.20. The van der Waals surface area contributed by atoms with Crippen LogP contribution in [0.2, 0.25) is 0 Å². The number of benzene rings is 1. The Morgan fingerprint density at radius 2 is 1.80 bits per heavy atom. The first kappa shape index (κ1) is 17.4. The molecular formula is C19H22N2O3S. The summed E-state index contributed by atoms with van der Waals surface area (Å²) in [6.45, 7) is 4.69. The third-order valence-corrected chi connectivity index (χ3v) is 5.11. The lowest BCUT2D eigenvalue weighted by molar-refractivity contribution is 0.0955. The summed E-state index contributed by atoms with van der Waals surface area (Å²) in [6, 6.07) is 7.94. The smallest absolute Gasteiger partial charge is 0.261 e. The first-order valence-electron chi connectivity index (χ1n) is 8.11. The zero-order valence-corrected chi connectivity index (χ0v) is 15.6. The van der Waals surface area contributed by atoms with Crippen LogP contribution in [-0.4, -0.2) is 24.7 Å². The average Bonchev–Trinajstić information content (AvgIpc) is 3.18. The summed E-state index contributed by atoms with van der Waals surface area (Å²) >= 11 is 1.51. The maximum Gasteiger partial charge on any atom is 0.261 e. The number of aromatic nitrogens is 1. The van der Waals surface area contributed by atoms with Crippen molar-refractivity contribution in [3.8, 4) is 11.5 Å². The van der Waals surface area contributed by atoms with Crippen molar-refractivity contribution in [2.75, 3.05) is 14.2 Å². The van der Waals surface area contributed by atoms with Crippen molar-refractivity contribution in [2.24, 2.45) is 0 Å². The van der Waals surface area contributed by atoms with Crippen LogP contribution in [0.3, 0.4) is 0 Å². The van der Waals surface area contributed by atoms with Gasteiger partial charge in [0.15, 0.2) is 0 Å². The summed E-state index contributed by atoms with van der Waals surface area (Å²) in [5.74, 6) is 1.34. The molecule has 6 heteroatoms. The molecule has 0 atom stereocenters. The third-order valence-electron chi connectivity index (χ3n) is 4.03. The van der Waals surface area contributed by atoms with Gasteiger partial charge in [0.05, 0.1) is 23.8 Å². The number of fused-ring (bicyclic) bond motifs is 1. The normalized spacial score (nSPS) is 11.1. The fourth-order valence-corrected chi connectivity index (χ4v) is 3.59. The van der Waals surface area contributed by atoms with E-state index in [0.717, 1.165) is 20.5 Å². The summed E-state index contributed by atoms with van der Waals surface area (Å²) < 4.78 is 13.8. The van der Waals surface area contributed by atoms with Crippen molar-refractivity contribution < 1.29 is 14.3 Å². The fourth-order valence-electron chi connectivity index (χ4n) is 2.60. The Morgan fingerprint density at radius 1 is 1.12 bits per heavy atom. The average molecular weight is 358 g/mol. The van der Waals surface area contributed by atoms with E-state index in [1.54, 1.807) is 20.3 Å². The first-order chi connectivity index (χ1) is 12.0. The minimum Gasteiger partial charge on any atom is -0.497 e. The third kappa shape index (κ3) is 3.79. The molecule has 0 saturated heterocycles. The zero-order chi connectivity index (χ0) is 18.0. The molecule has 0 saturated carbocycles. The summed E-state index contributed by atoms with van der Waals surface area (Å²) in [5.41, 5.74) is 0.928. The van der Waals surface area contributed by atoms with Crippen molar-refractivity contribution in [3.63, 3.8) is 0 Å². The Labute approximate surface area is 151 Å². The SMILES string of the molecule is COc1cc(CNC(=O)c2cc3cn(C(C)C)cc3s2)cc(OC)c1. The molecule has 2 heterocycles. The number of hydrogen-bond acceptors (Lipinski definition) is 4. The first-order valence-corrected chi connectivity index (χ1v) is 8.93. The Bertz CT molecular complexity index is 842. The number of nitrogens with zero attached hydrogens (tertiary/aromatic N) is 1. The number of ether oxygens (including phenoxy) is 2. The van der Waals surface area contributed by atoms with Crippen molar-refractivity contribution in [1.29, 1.82) is 0 Å². The van der Waals surface area contributed by atoms with E-state index in [1.807, 2.05) is 18.2 Å². The number of thiophene rings is 1. The van der Waals surface area contributed by atoms with Gasteiger partial charge >= 0.3 is 0 Å². The van der Waals surface area contributed by atoms with E-state index in [-0.39, 0.29) is 5.91 Å². The largest absolute Gasteiger partial charge is 0.497 e.